The predicted molar refractivity (Wildman–Crippen MR) is 62.7 cm³/mol. The minimum absolute atomic E-state index is 0.133. The van der Waals surface area contributed by atoms with Crippen molar-refractivity contribution in [1.82, 2.24) is 0 Å². The largest absolute Gasteiger partial charge is 0.493 e. The zero-order valence-corrected chi connectivity index (χ0v) is 10.2. The minimum atomic E-state index is -0.316. The SMILES string of the molecule is CC(=O)Oc1ccc(OCC(C)(C)C)cc1. The molecular formula is C13H18O3. The average molecular weight is 222 g/mol. The molecule has 16 heavy (non-hydrogen) atoms. The molecule has 0 heterocycles. The van der Waals surface area contributed by atoms with Crippen molar-refractivity contribution in [3.63, 3.8) is 0 Å². The highest BCUT2D eigenvalue weighted by Crippen LogP contribution is 2.20. The van der Waals surface area contributed by atoms with Gasteiger partial charge in [0, 0.05) is 6.92 Å². The lowest BCUT2D eigenvalue weighted by molar-refractivity contribution is -0.131. The Hall–Kier alpha value is -1.51. The Balaban J connectivity index is 2.55. The Morgan fingerprint density at radius 3 is 2.06 bits per heavy atom. The molecule has 0 aromatic heterocycles. The maximum atomic E-state index is 10.7. The summed E-state index contributed by atoms with van der Waals surface area (Å²) in [6.07, 6.45) is 0. The van der Waals surface area contributed by atoms with Crippen LogP contribution in [0.5, 0.6) is 11.5 Å². The van der Waals surface area contributed by atoms with Gasteiger partial charge >= 0.3 is 5.97 Å². The molecule has 3 heteroatoms. The summed E-state index contributed by atoms with van der Waals surface area (Å²) in [4.78, 5) is 10.7. The number of hydrogen-bond acceptors (Lipinski definition) is 3. The Morgan fingerprint density at radius 1 is 1.12 bits per heavy atom. The molecule has 0 aliphatic carbocycles. The van der Waals surface area contributed by atoms with E-state index in [1.165, 1.54) is 6.92 Å². The normalized spacial score (nSPS) is 11.0. The van der Waals surface area contributed by atoms with Crippen LogP contribution in [0.4, 0.5) is 0 Å². The number of carbonyl (C=O) groups is 1. The molecule has 3 nitrogen and oxygen atoms in total. The lowest BCUT2D eigenvalue weighted by Gasteiger charge is -2.18. The standard InChI is InChI=1S/C13H18O3/c1-10(14)16-12-7-5-11(6-8-12)15-9-13(2,3)4/h5-8H,9H2,1-4H3. The Kier molecular flexibility index (Phi) is 3.93. The van der Waals surface area contributed by atoms with Gasteiger partial charge in [0.25, 0.3) is 0 Å². The van der Waals surface area contributed by atoms with Gasteiger partial charge in [0.05, 0.1) is 6.61 Å². The minimum Gasteiger partial charge on any atom is -0.493 e. The highest BCUT2D eigenvalue weighted by molar-refractivity contribution is 5.69. The summed E-state index contributed by atoms with van der Waals surface area (Å²) in [5.41, 5.74) is 0.133. The molecule has 0 atom stereocenters. The van der Waals surface area contributed by atoms with Crippen LogP contribution in [0, 0.1) is 5.41 Å². The molecule has 0 N–H and O–H groups in total. The van der Waals surface area contributed by atoms with Gasteiger partial charge in [-0.2, -0.15) is 0 Å². The lowest BCUT2D eigenvalue weighted by Crippen LogP contribution is -2.16. The number of esters is 1. The molecule has 88 valence electrons. The molecule has 0 aliphatic heterocycles. The van der Waals surface area contributed by atoms with Gasteiger partial charge < -0.3 is 9.47 Å². The van der Waals surface area contributed by atoms with Crippen molar-refractivity contribution in [2.24, 2.45) is 5.41 Å². The van der Waals surface area contributed by atoms with E-state index < -0.39 is 0 Å². The van der Waals surface area contributed by atoms with Gasteiger partial charge in [-0.15, -0.1) is 0 Å². The topological polar surface area (TPSA) is 35.5 Å². The number of rotatable bonds is 3. The first-order chi connectivity index (χ1) is 7.37. The van der Waals surface area contributed by atoms with Crippen molar-refractivity contribution >= 4 is 5.97 Å². The predicted octanol–water partition coefficient (Wildman–Crippen LogP) is 3.04. The van der Waals surface area contributed by atoms with Crippen LogP contribution < -0.4 is 9.47 Å². The van der Waals surface area contributed by atoms with E-state index in [0.717, 1.165) is 5.75 Å². The number of benzene rings is 1. The van der Waals surface area contributed by atoms with Crippen LogP contribution in [0.25, 0.3) is 0 Å². The van der Waals surface area contributed by atoms with Crippen molar-refractivity contribution < 1.29 is 14.3 Å². The fraction of sp³-hybridized carbons (Fsp3) is 0.462. The summed E-state index contributed by atoms with van der Waals surface area (Å²) in [6, 6.07) is 7.03. The summed E-state index contributed by atoms with van der Waals surface area (Å²) in [6.45, 7) is 8.37. The molecule has 1 rings (SSSR count). The Morgan fingerprint density at radius 2 is 1.62 bits per heavy atom. The molecule has 0 fully saturated rings. The maximum Gasteiger partial charge on any atom is 0.308 e. The second kappa shape index (κ2) is 5.01. The molecule has 0 saturated carbocycles. The Bertz CT molecular complexity index is 346. The van der Waals surface area contributed by atoms with Gasteiger partial charge in [0.15, 0.2) is 0 Å². The summed E-state index contributed by atoms with van der Waals surface area (Å²) in [7, 11) is 0. The summed E-state index contributed by atoms with van der Waals surface area (Å²) < 4.78 is 10.5. The fourth-order valence-corrected chi connectivity index (χ4v) is 1.07. The third-order valence-corrected chi connectivity index (χ3v) is 1.76. The van der Waals surface area contributed by atoms with Crippen LogP contribution >= 0.6 is 0 Å². The first-order valence-corrected chi connectivity index (χ1v) is 5.28. The lowest BCUT2D eigenvalue weighted by atomic mass is 9.99. The molecule has 0 saturated heterocycles. The quantitative estimate of drug-likeness (QED) is 0.582. The molecule has 1 aromatic rings. The molecule has 0 amide bonds. The third-order valence-electron chi connectivity index (χ3n) is 1.76. The van der Waals surface area contributed by atoms with Gasteiger partial charge in [-0.05, 0) is 29.7 Å². The highest BCUT2D eigenvalue weighted by atomic mass is 16.5. The molecule has 0 spiro atoms. The summed E-state index contributed by atoms with van der Waals surface area (Å²) in [5.74, 6) is 1.00. The molecule has 0 unspecified atom stereocenters. The summed E-state index contributed by atoms with van der Waals surface area (Å²) >= 11 is 0. The van der Waals surface area contributed by atoms with Crippen molar-refractivity contribution in [2.45, 2.75) is 27.7 Å². The second-order valence-electron chi connectivity index (χ2n) is 4.91. The molecule has 0 bridgehead atoms. The third kappa shape index (κ3) is 4.82. The van der Waals surface area contributed by atoms with E-state index in [0.29, 0.717) is 12.4 Å². The van der Waals surface area contributed by atoms with Gasteiger partial charge in [-0.3, -0.25) is 4.79 Å². The van der Waals surface area contributed by atoms with Gasteiger partial charge in [0.2, 0.25) is 0 Å². The maximum absolute atomic E-state index is 10.7. The number of carbonyl (C=O) groups excluding carboxylic acids is 1. The first kappa shape index (κ1) is 12.6. The van der Waals surface area contributed by atoms with Crippen LogP contribution in [0.15, 0.2) is 24.3 Å². The van der Waals surface area contributed by atoms with E-state index in [4.69, 9.17) is 9.47 Å². The zero-order chi connectivity index (χ0) is 12.2. The zero-order valence-electron chi connectivity index (χ0n) is 10.2. The first-order valence-electron chi connectivity index (χ1n) is 5.28. The van der Waals surface area contributed by atoms with E-state index in [-0.39, 0.29) is 11.4 Å². The second-order valence-corrected chi connectivity index (χ2v) is 4.91. The fourth-order valence-electron chi connectivity index (χ4n) is 1.07. The molecule has 0 aliphatic rings. The van der Waals surface area contributed by atoms with Crippen molar-refractivity contribution in [1.29, 1.82) is 0 Å². The van der Waals surface area contributed by atoms with E-state index in [9.17, 15) is 4.79 Å². The van der Waals surface area contributed by atoms with E-state index in [2.05, 4.69) is 20.8 Å². The van der Waals surface area contributed by atoms with E-state index >= 15 is 0 Å². The van der Waals surface area contributed by atoms with Crippen LogP contribution in [0.2, 0.25) is 0 Å². The van der Waals surface area contributed by atoms with E-state index in [1.54, 1.807) is 24.3 Å². The van der Waals surface area contributed by atoms with E-state index in [1.807, 2.05) is 0 Å². The van der Waals surface area contributed by atoms with Crippen molar-refractivity contribution in [2.75, 3.05) is 6.61 Å². The van der Waals surface area contributed by atoms with Crippen molar-refractivity contribution in [3.05, 3.63) is 24.3 Å². The van der Waals surface area contributed by atoms with Crippen LogP contribution in [0.1, 0.15) is 27.7 Å². The molecular weight excluding hydrogens is 204 g/mol. The number of hydrogen-bond donors (Lipinski definition) is 0. The molecule has 1 aromatic carbocycles. The van der Waals surface area contributed by atoms with Crippen molar-refractivity contribution in [3.8, 4) is 11.5 Å². The monoisotopic (exact) mass is 222 g/mol. The van der Waals surface area contributed by atoms with Crippen LogP contribution in [-0.2, 0) is 4.79 Å². The summed E-state index contributed by atoms with van der Waals surface area (Å²) in [5, 5.41) is 0. The van der Waals surface area contributed by atoms with Crippen LogP contribution in [-0.4, -0.2) is 12.6 Å². The highest BCUT2D eigenvalue weighted by Gasteiger charge is 2.10. The van der Waals surface area contributed by atoms with Crippen LogP contribution in [0.3, 0.4) is 0 Å². The smallest absolute Gasteiger partial charge is 0.308 e. The van der Waals surface area contributed by atoms with Gasteiger partial charge in [-0.1, -0.05) is 20.8 Å². The van der Waals surface area contributed by atoms with Gasteiger partial charge in [0.1, 0.15) is 11.5 Å². The van der Waals surface area contributed by atoms with Gasteiger partial charge in [-0.25, -0.2) is 0 Å². The number of ether oxygens (including phenoxy) is 2. The Labute approximate surface area is 96.4 Å². The average Bonchev–Trinajstić information content (AvgIpc) is 2.14. The molecule has 0 radical (unpaired) electrons.